The Kier molecular flexibility index (Phi) is 6.61. The molecule has 5 rings (SSSR count). The maximum absolute atomic E-state index is 13.5. The van der Waals surface area contributed by atoms with Crippen LogP contribution in [0.5, 0.6) is 0 Å². The Labute approximate surface area is 218 Å². The minimum Gasteiger partial charge on any atom is -0.322 e. The monoisotopic (exact) mass is 502 g/mol. The van der Waals surface area contributed by atoms with Crippen LogP contribution < -0.4 is 10.2 Å². The number of nitrogens with one attached hydrogen (secondary N) is 1. The van der Waals surface area contributed by atoms with E-state index in [9.17, 15) is 19.7 Å². The molecule has 0 radical (unpaired) electrons. The third-order valence-corrected chi connectivity index (χ3v) is 6.00. The summed E-state index contributed by atoms with van der Waals surface area (Å²) >= 11 is 0. The van der Waals surface area contributed by atoms with Crippen molar-refractivity contribution in [1.82, 2.24) is 0 Å². The summed E-state index contributed by atoms with van der Waals surface area (Å²) < 4.78 is 0. The molecule has 8 heteroatoms. The number of aliphatic imine (C=N–C) groups is 1. The van der Waals surface area contributed by atoms with E-state index in [0.29, 0.717) is 28.3 Å². The number of amides is 2. The second kappa shape index (κ2) is 10.3. The predicted molar refractivity (Wildman–Crippen MR) is 147 cm³/mol. The van der Waals surface area contributed by atoms with Gasteiger partial charge in [0.25, 0.3) is 17.5 Å². The van der Waals surface area contributed by atoms with Crippen LogP contribution in [0.2, 0.25) is 0 Å². The number of hydrogen-bond acceptors (Lipinski definition) is 5. The first-order valence-electron chi connectivity index (χ1n) is 11.8. The summed E-state index contributed by atoms with van der Waals surface area (Å²) in [6, 6.07) is 29.5. The van der Waals surface area contributed by atoms with Gasteiger partial charge in [-0.2, -0.15) is 0 Å². The summed E-state index contributed by atoms with van der Waals surface area (Å²) in [6.07, 6.45) is 1.60. The number of nitrogens with zero attached hydrogens (tertiary/aromatic N) is 3. The Bertz CT molecular complexity index is 1570. The zero-order valence-corrected chi connectivity index (χ0v) is 20.4. The van der Waals surface area contributed by atoms with Gasteiger partial charge >= 0.3 is 0 Å². The number of amidine groups is 1. The molecular formula is C30H22N4O4. The van der Waals surface area contributed by atoms with Gasteiger partial charge in [0.2, 0.25) is 0 Å². The third-order valence-electron chi connectivity index (χ3n) is 6.00. The van der Waals surface area contributed by atoms with E-state index < -0.39 is 4.92 Å². The zero-order valence-electron chi connectivity index (χ0n) is 20.4. The molecular weight excluding hydrogens is 480 g/mol. The first-order valence-corrected chi connectivity index (χ1v) is 11.8. The molecule has 0 fully saturated rings. The van der Waals surface area contributed by atoms with Crippen LogP contribution >= 0.6 is 0 Å². The number of anilines is 2. The van der Waals surface area contributed by atoms with Crippen molar-refractivity contribution in [3.8, 4) is 0 Å². The molecule has 8 nitrogen and oxygen atoms in total. The van der Waals surface area contributed by atoms with Crippen LogP contribution in [-0.4, -0.2) is 22.6 Å². The van der Waals surface area contributed by atoms with Gasteiger partial charge < -0.3 is 5.32 Å². The second-order valence-electron chi connectivity index (χ2n) is 8.69. The van der Waals surface area contributed by atoms with Crippen molar-refractivity contribution >= 4 is 40.8 Å². The minimum absolute atomic E-state index is 0.0356. The smallest absolute Gasteiger partial charge is 0.282 e. The fourth-order valence-electron chi connectivity index (χ4n) is 3.99. The van der Waals surface area contributed by atoms with Crippen molar-refractivity contribution < 1.29 is 14.5 Å². The SMILES string of the molecule is Cc1ccc(NC(=O)c2ccc(N3C(=O)/C(=C/c4ccc([N+](=O)[O-])cc4)N=C3c3ccccc3)cc2)cc1. The van der Waals surface area contributed by atoms with Gasteiger partial charge in [-0.25, -0.2) is 4.99 Å². The van der Waals surface area contributed by atoms with Gasteiger partial charge in [-0.15, -0.1) is 0 Å². The summed E-state index contributed by atoms with van der Waals surface area (Å²) in [4.78, 5) is 42.8. The highest BCUT2D eigenvalue weighted by Gasteiger charge is 2.32. The van der Waals surface area contributed by atoms with Crippen LogP contribution in [0.4, 0.5) is 17.1 Å². The molecule has 4 aromatic carbocycles. The largest absolute Gasteiger partial charge is 0.322 e. The van der Waals surface area contributed by atoms with Crippen molar-refractivity contribution in [2.24, 2.45) is 4.99 Å². The standard InChI is InChI=1S/C30H22N4O4/c1-20-7-13-24(14-8-20)31-29(35)23-11-17-25(18-12-23)33-28(22-5-3-2-4-6-22)32-27(30(33)36)19-21-9-15-26(16-10-21)34(37)38/h2-19H,1H3,(H,31,35)/b27-19-. The summed E-state index contributed by atoms with van der Waals surface area (Å²) in [5, 5.41) is 13.8. The molecule has 186 valence electrons. The molecule has 0 saturated heterocycles. The van der Waals surface area contributed by atoms with Crippen molar-refractivity contribution in [3.63, 3.8) is 0 Å². The average Bonchev–Trinajstić information content (AvgIpc) is 3.26. The van der Waals surface area contributed by atoms with E-state index in [1.54, 1.807) is 42.5 Å². The van der Waals surface area contributed by atoms with E-state index in [1.165, 1.54) is 17.0 Å². The maximum atomic E-state index is 13.5. The molecule has 0 unspecified atom stereocenters. The van der Waals surface area contributed by atoms with Crippen molar-refractivity contribution in [2.75, 3.05) is 10.2 Å². The number of carbonyl (C=O) groups excluding carboxylic acids is 2. The molecule has 38 heavy (non-hydrogen) atoms. The van der Waals surface area contributed by atoms with E-state index in [4.69, 9.17) is 0 Å². The van der Waals surface area contributed by atoms with Gasteiger partial charge in [0.05, 0.1) is 10.6 Å². The molecule has 0 saturated carbocycles. The predicted octanol–water partition coefficient (Wildman–Crippen LogP) is 5.99. The van der Waals surface area contributed by atoms with Crippen LogP contribution in [0.1, 0.15) is 27.0 Å². The van der Waals surface area contributed by atoms with Crippen LogP contribution in [0, 0.1) is 17.0 Å². The number of aryl methyl sites for hydroxylation is 1. The van der Waals surface area contributed by atoms with Crippen molar-refractivity contribution in [1.29, 1.82) is 0 Å². The highest BCUT2D eigenvalue weighted by atomic mass is 16.6. The quantitative estimate of drug-likeness (QED) is 0.199. The van der Waals surface area contributed by atoms with E-state index in [0.717, 1.165) is 11.1 Å². The summed E-state index contributed by atoms with van der Waals surface area (Å²) in [6.45, 7) is 1.98. The molecule has 1 aliphatic rings. The van der Waals surface area contributed by atoms with Crippen LogP contribution in [0.25, 0.3) is 6.08 Å². The Balaban J connectivity index is 1.44. The Morgan fingerprint density at radius 2 is 1.55 bits per heavy atom. The van der Waals surface area contributed by atoms with Crippen molar-refractivity contribution in [2.45, 2.75) is 6.92 Å². The lowest BCUT2D eigenvalue weighted by Gasteiger charge is -2.19. The van der Waals surface area contributed by atoms with Gasteiger partial charge in [0, 0.05) is 28.9 Å². The van der Waals surface area contributed by atoms with Crippen molar-refractivity contribution in [3.05, 3.63) is 141 Å². The molecule has 0 spiro atoms. The van der Waals surface area contributed by atoms with Gasteiger partial charge in [-0.1, -0.05) is 48.0 Å². The van der Waals surface area contributed by atoms with Crippen LogP contribution in [0.3, 0.4) is 0 Å². The van der Waals surface area contributed by atoms with E-state index in [1.807, 2.05) is 61.5 Å². The molecule has 1 N–H and O–H groups in total. The zero-order chi connectivity index (χ0) is 26.6. The highest BCUT2D eigenvalue weighted by molar-refractivity contribution is 6.33. The summed E-state index contributed by atoms with van der Waals surface area (Å²) in [5.74, 6) is -0.163. The lowest BCUT2D eigenvalue weighted by atomic mass is 10.1. The molecule has 2 amide bonds. The Morgan fingerprint density at radius 1 is 0.895 bits per heavy atom. The molecule has 4 aromatic rings. The number of rotatable bonds is 6. The summed E-state index contributed by atoms with van der Waals surface area (Å²) in [5.41, 5.74) is 4.30. The number of nitro groups is 1. The van der Waals surface area contributed by atoms with Crippen LogP contribution in [0.15, 0.2) is 114 Å². The number of nitro benzene ring substituents is 1. The number of non-ortho nitro benzene ring substituents is 1. The molecule has 1 heterocycles. The molecule has 1 aliphatic heterocycles. The van der Waals surface area contributed by atoms with Gasteiger partial charge in [0.15, 0.2) is 0 Å². The third kappa shape index (κ3) is 5.10. The molecule has 0 aromatic heterocycles. The van der Waals surface area contributed by atoms with Crippen LogP contribution in [-0.2, 0) is 4.79 Å². The Hall–Kier alpha value is -5.37. The Morgan fingerprint density at radius 3 is 2.18 bits per heavy atom. The van der Waals surface area contributed by atoms with Gasteiger partial charge in [-0.3, -0.25) is 24.6 Å². The lowest BCUT2D eigenvalue weighted by molar-refractivity contribution is -0.384. The topological polar surface area (TPSA) is 105 Å². The van der Waals surface area contributed by atoms with E-state index in [-0.39, 0.29) is 23.2 Å². The fraction of sp³-hybridized carbons (Fsp3) is 0.0333. The minimum atomic E-state index is -0.476. The number of carbonyl (C=O) groups is 2. The normalized spacial score (nSPS) is 13.9. The van der Waals surface area contributed by atoms with Gasteiger partial charge in [0.1, 0.15) is 11.5 Å². The number of hydrogen-bond donors (Lipinski definition) is 1. The summed E-state index contributed by atoms with van der Waals surface area (Å²) in [7, 11) is 0. The fourth-order valence-corrected chi connectivity index (χ4v) is 3.99. The number of benzene rings is 4. The highest BCUT2D eigenvalue weighted by Crippen LogP contribution is 2.28. The lowest BCUT2D eigenvalue weighted by Crippen LogP contribution is -2.32. The molecule has 0 bridgehead atoms. The maximum Gasteiger partial charge on any atom is 0.282 e. The molecule has 0 atom stereocenters. The first-order chi connectivity index (χ1) is 18.4. The van der Waals surface area contributed by atoms with E-state index in [2.05, 4.69) is 10.3 Å². The van der Waals surface area contributed by atoms with Gasteiger partial charge in [-0.05, 0) is 67.1 Å². The molecule has 0 aliphatic carbocycles. The van der Waals surface area contributed by atoms with E-state index >= 15 is 0 Å². The first kappa shape index (κ1) is 24.3. The average molecular weight is 503 g/mol. The second-order valence-corrected chi connectivity index (χ2v) is 8.69.